The number of ether oxygens (including phenoxy) is 1. The van der Waals surface area contributed by atoms with Gasteiger partial charge in [-0.2, -0.15) is 5.26 Å². The molecule has 0 unspecified atom stereocenters. The van der Waals surface area contributed by atoms with Gasteiger partial charge >= 0.3 is 0 Å². The van der Waals surface area contributed by atoms with E-state index < -0.39 is 10.7 Å². The highest BCUT2D eigenvalue weighted by molar-refractivity contribution is 6.32. The zero-order chi connectivity index (χ0) is 17.0. The van der Waals surface area contributed by atoms with E-state index in [0.717, 1.165) is 0 Å². The van der Waals surface area contributed by atoms with Gasteiger partial charge in [-0.1, -0.05) is 23.7 Å². The molecule has 2 aromatic rings. The molecule has 0 radical (unpaired) electrons. The van der Waals surface area contributed by atoms with E-state index in [1.807, 2.05) is 6.07 Å². The molecule has 0 saturated carbocycles. The van der Waals surface area contributed by atoms with Crippen LogP contribution in [0.1, 0.15) is 21.5 Å². The van der Waals surface area contributed by atoms with Crippen LogP contribution < -0.4 is 4.74 Å². The number of nitriles is 1. The summed E-state index contributed by atoms with van der Waals surface area (Å²) >= 11 is 5.95. The van der Waals surface area contributed by atoms with Crippen LogP contribution in [0.4, 0.5) is 5.69 Å². The number of aryl methyl sites for hydroxylation is 1. The van der Waals surface area contributed by atoms with Crippen LogP contribution >= 0.6 is 11.6 Å². The first kappa shape index (κ1) is 16.5. The minimum Gasteiger partial charge on any atom is -0.484 e. The summed E-state index contributed by atoms with van der Waals surface area (Å²) in [6, 6.07) is 10.6. The van der Waals surface area contributed by atoms with E-state index in [1.165, 1.54) is 36.4 Å². The Balaban J connectivity index is 2.13. The van der Waals surface area contributed by atoms with Gasteiger partial charge in [-0.3, -0.25) is 14.9 Å². The maximum atomic E-state index is 12.1. The zero-order valence-corrected chi connectivity index (χ0v) is 12.8. The minimum atomic E-state index is -0.537. The topological polar surface area (TPSA) is 93.2 Å². The Morgan fingerprint density at radius 2 is 2.09 bits per heavy atom. The van der Waals surface area contributed by atoms with Crippen molar-refractivity contribution in [3.05, 3.63) is 68.2 Å². The number of carbonyl (C=O) groups excluding carboxylic acids is 1. The van der Waals surface area contributed by atoms with E-state index >= 15 is 0 Å². The molecule has 0 aliphatic carbocycles. The molecule has 0 saturated heterocycles. The fraction of sp³-hybridized carbons (Fsp3) is 0.125. The van der Waals surface area contributed by atoms with Gasteiger partial charge in [0.05, 0.1) is 21.6 Å². The Morgan fingerprint density at radius 1 is 1.35 bits per heavy atom. The third-order valence-electron chi connectivity index (χ3n) is 3.15. The molecule has 2 rings (SSSR count). The van der Waals surface area contributed by atoms with Gasteiger partial charge in [-0.25, -0.2) is 0 Å². The van der Waals surface area contributed by atoms with Crippen molar-refractivity contribution in [2.45, 2.75) is 6.92 Å². The van der Waals surface area contributed by atoms with Gasteiger partial charge in [0, 0.05) is 17.2 Å². The van der Waals surface area contributed by atoms with Gasteiger partial charge in [0.1, 0.15) is 5.75 Å². The van der Waals surface area contributed by atoms with Crippen LogP contribution in [0.25, 0.3) is 0 Å². The van der Waals surface area contributed by atoms with Gasteiger partial charge in [0.25, 0.3) is 5.69 Å². The molecule has 0 aliphatic rings. The van der Waals surface area contributed by atoms with Gasteiger partial charge in [0.15, 0.2) is 12.4 Å². The van der Waals surface area contributed by atoms with Crippen LogP contribution in [0, 0.1) is 28.4 Å². The van der Waals surface area contributed by atoms with Crippen molar-refractivity contribution in [1.29, 1.82) is 5.26 Å². The second kappa shape index (κ2) is 6.90. The summed E-state index contributed by atoms with van der Waals surface area (Å²) in [6.45, 7) is 1.28. The van der Waals surface area contributed by atoms with Crippen molar-refractivity contribution >= 4 is 23.1 Å². The largest absolute Gasteiger partial charge is 0.484 e. The SMILES string of the molecule is Cc1ccc(C(=O)COc2ccc(C#N)cc2Cl)cc1[N+](=O)[O-]. The highest BCUT2D eigenvalue weighted by Crippen LogP contribution is 2.25. The van der Waals surface area contributed by atoms with Gasteiger partial charge in [-0.05, 0) is 25.1 Å². The van der Waals surface area contributed by atoms with Crippen molar-refractivity contribution in [1.82, 2.24) is 0 Å². The molecule has 0 aliphatic heterocycles. The van der Waals surface area contributed by atoms with Crippen molar-refractivity contribution < 1.29 is 14.5 Å². The number of halogens is 1. The third-order valence-corrected chi connectivity index (χ3v) is 3.44. The number of nitro benzene ring substituents is 1. The molecular formula is C16H11ClN2O4. The maximum absolute atomic E-state index is 12.1. The van der Waals surface area contributed by atoms with Gasteiger partial charge in [-0.15, -0.1) is 0 Å². The number of nitro groups is 1. The van der Waals surface area contributed by atoms with Crippen LogP contribution in [-0.4, -0.2) is 17.3 Å². The van der Waals surface area contributed by atoms with E-state index in [0.29, 0.717) is 11.1 Å². The standard InChI is InChI=1S/C16H11ClN2O4/c1-10-2-4-12(7-14(10)19(21)22)15(20)9-23-16-5-3-11(8-18)6-13(16)17/h2-7H,9H2,1H3. The summed E-state index contributed by atoms with van der Waals surface area (Å²) in [5.41, 5.74) is 0.921. The predicted molar refractivity (Wildman–Crippen MR) is 83.8 cm³/mol. The summed E-state index contributed by atoms with van der Waals surface area (Å²) in [6.07, 6.45) is 0. The summed E-state index contributed by atoms with van der Waals surface area (Å²) in [5.74, 6) is -0.144. The molecule has 0 heterocycles. The first-order valence-electron chi connectivity index (χ1n) is 6.53. The Labute approximate surface area is 137 Å². The van der Waals surface area contributed by atoms with Crippen LogP contribution in [0.5, 0.6) is 5.75 Å². The zero-order valence-electron chi connectivity index (χ0n) is 12.1. The van der Waals surface area contributed by atoms with Crippen molar-refractivity contribution in [2.24, 2.45) is 0 Å². The number of ketones is 1. The number of nitrogens with zero attached hydrogens (tertiary/aromatic N) is 2. The number of benzene rings is 2. The Morgan fingerprint density at radius 3 is 2.70 bits per heavy atom. The lowest BCUT2D eigenvalue weighted by atomic mass is 10.1. The van der Waals surface area contributed by atoms with Crippen LogP contribution in [0.2, 0.25) is 5.02 Å². The number of carbonyl (C=O) groups is 1. The monoisotopic (exact) mass is 330 g/mol. The highest BCUT2D eigenvalue weighted by atomic mass is 35.5. The Hall–Kier alpha value is -2.91. The highest BCUT2D eigenvalue weighted by Gasteiger charge is 2.16. The molecule has 0 aromatic heterocycles. The van der Waals surface area contributed by atoms with Crippen LogP contribution in [0.15, 0.2) is 36.4 Å². The minimum absolute atomic E-state index is 0.118. The third kappa shape index (κ3) is 3.84. The number of hydrogen-bond acceptors (Lipinski definition) is 5. The maximum Gasteiger partial charge on any atom is 0.273 e. The Bertz CT molecular complexity index is 827. The first-order chi connectivity index (χ1) is 10.9. The molecule has 2 aromatic carbocycles. The van der Waals surface area contributed by atoms with Gasteiger partial charge < -0.3 is 4.74 Å². The van der Waals surface area contributed by atoms with Gasteiger partial charge in [0.2, 0.25) is 0 Å². The summed E-state index contributed by atoms with van der Waals surface area (Å²) in [7, 11) is 0. The molecule has 0 fully saturated rings. The fourth-order valence-electron chi connectivity index (χ4n) is 1.89. The van der Waals surface area contributed by atoms with Crippen molar-refractivity contribution in [3.8, 4) is 11.8 Å². The van der Waals surface area contributed by atoms with Crippen LogP contribution in [-0.2, 0) is 0 Å². The molecule has 7 heteroatoms. The molecule has 0 amide bonds. The lowest BCUT2D eigenvalue weighted by Gasteiger charge is -2.08. The summed E-state index contributed by atoms with van der Waals surface area (Å²) < 4.78 is 5.32. The van der Waals surface area contributed by atoms with Crippen LogP contribution in [0.3, 0.4) is 0 Å². The molecule has 23 heavy (non-hydrogen) atoms. The summed E-state index contributed by atoms with van der Waals surface area (Å²) in [5, 5.41) is 19.9. The van der Waals surface area contributed by atoms with E-state index in [1.54, 1.807) is 6.92 Å². The normalized spacial score (nSPS) is 9.96. The Kier molecular flexibility index (Phi) is 4.94. The molecule has 0 N–H and O–H groups in total. The fourth-order valence-corrected chi connectivity index (χ4v) is 2.13. The molecule has 116 valence electrons. The number of Topliss-reactive ketones (excluding diaryl/α,β-unsaturated/α-hetero) is 1. The first-order valence-corrected chi connectivity index (χ1v) is 6.91. The average Bonchev–Trinajstić information content (AvgIpc) is 2.53. The average molecular weight is 331 g/mol. The van der Waals surface area contributed by atoms with Crippen molar-refractivity contribution in [2.75, 3.05) is 6.61 Å². The number of rotatable bonds is 5. The van der Waals surface area contributed by atoms with E-state index in [2.05, 4.69) is 0 Å². The lowest BCUT2D eigenvalue weighted by molar-refractivity contribution is -0.385. The second-order valence-electron chi connectivity index (χ2n) is 4.73. The van der Waals surface area contributed by atoms with E-state index in [-0.39, 0.29) is 28.6 Å². The van der Waals surface area contributed by atoms with Crippen molar-refractivity contribution in [3.63, 3.8) is 0 Å². The van der Waals surface area contributed by atoms with E-state index in [4.69, 9.17) is 21.6 Å². The quantitative estimate of drug-likeness (QED) is 0.473. The number of hydrogen-bond donors (Lipinski definition) is 0. The summed E-state index contributed by atoms with van der Waals surface area (Å²) in [4.78, 5) is 22.5. The molecule has 0 spiro atoms. The molecule has 6 nitrogen and oxygen atoms in total. The predicted octanol–water partition coefficient (Wildman–Crippen LogP) is 3.69. The second-order valence-corrected chi connectivity index (χ2v) is 5.13. The molecule has 0 atom stereocenters. The molecular weight excluding hydrogens is 320 g/mol. The lowest BCUT2D eigenvalue weighted by Crippen LogP contribution is -2.12. The van der Waals surface area contributed by atoms with E-state index in [9.17, 15) is 14.9 Å². The molecule has 0 bridgehead atoms. The smallest absolute Gasteiger partial charge is 0.273 e.